The Balaban J connectivity index is 1.59. The number of nitrogens with zero attached hydrogens (tertiary/aromatic N) is 2. The lowest BCUT2D eigenvalue weighted by Gasteiger charge is -2.16. The van der Waals surface area contributed by atoms with Crippen LogP contribution in [0.4, 0.5) is 5.82 Å². The average Bonchev–Trinajstić information content (AvgIpc) is 3.20. The highest BCUT2D eigenvalue weighted by molar-refractivity contribution is 8.00. The van der Waals surface area contributed by atoms with Crippen LogP contribution in [0.2, 0.25) is 0 Å². The molecular weight excluding hydrogens is 348 g/mol. The van der Waals surface area contributed by atoms with Crippen molar-refractivity contribution in [2.45, 2.75) is 24.3 Å². The fourth-order valence-electron chi connectivity index (χ4n) is 2.86. The first-order chi connectivity index (χ1) is 12.6. The molecule has 0 saturated carbocycles. The largest absolute Gasteiger partial charge is 0.369 e. The van der Waals surface area contributed by atoms with E-state index < -0.39 is 5.91 Å². The third kappa shape index (κ3) is 4.76. The number of rotatable bonds is 7. The van der Waals surface area contributed by atoms with Gasteiger partial charge in [-0.2, -0.15) is 0 Å². The van der Waals surface area contributed by atoms with Crippen LogP contribution >= 0.6 is 11.8 Å². The van der Waals surface area contributed by atoms with Crippen molar-refractivity contribution >= 4 is 29.4 Å². The molecule has 136 valence electrons. The van der Waals surface area contributed by atoms with Gasteiger partial charge in [-0.15, -0.1) is 11.8 Å². The van der Waals surface area contributed by atoms with Crippen molar-refractivity contribution in [2.75, 3.05) is 23.7 Å². The molecule has 7 heteroatoms. The summed E-state index contributed by atoms with van der Waals surface area (Å²) < 4.78 is 0. The molecule has 0 atom stereocenters. The summed E-state index contributed by atoms with van der Waals surface area (Å²) in [6, 6.07) is 11.2. The maximum Gasteiger partial charge on any atom is 0.252 e. The zero-order valence-corrected chi connectivity index (χ0v) is 15.3. The second kappa shape index (κ2) is 8.71. The zero-order chi connectivity index (χ0) is 18.4. The molecule has 3 rings (SSSR count). The molecule has 0 bridgehead atoms. The Hall–Kier alpha value is -2.54. The maximum atomic E-state index is 12.5. The predicted molar refractivity (Wildman–Crippen MR) is 103 cm³/mol. The number of amides is 2. The fraction of sp³-hybridized carbons (Fsp3) is 0.316. The number of benzene rings is 1. The zero-order valence-electron chi connectivity index (χ0n) is 14.5. The van der Waals surface area contributed by atoms with E-state index in [1.807, 2.05) is 30.5 Å². The van der Waals surface area contributed by atoms with E-state index in [4.69, 9.17) is 5.73 Å². The molecule has 3 N–H and O–H groups in total. The van der Waals surface area contributed by atoms with E-state index in [-0.39, 0.29) is 11.7 Å². The molecule has 1 saturated heterocycles. The fourth-order valence-corrected chi connectivity index (χ4v) is 3.65. The van der Waals surface area contributed by atoms with Crippen molar-refractivity contribution in [3.63, 3.8) is 0 Å². The highest BCUT2D eigenvalue weighted by Gasteiger charge is 2.14. The highest BCUT2D eigenvalue weighted by atomic mass is 32.2. The van der Waals surface area contributed by atoms with Crippen molar-refractivity contribution in [3.8, 4) is 0 Å². The van der Waals surface area contributed by atoms with Gasteiger partial charge in [-0.1, -0.05) is 18.2 Å². The minimum absolute atomic E-state index is 0.145. The van der Waals surface area contributed by atoms with Gasteiger partial charge in [0.1, 0.15) is 5.82 Å². The summed E-state index contributed by atoms with van der Waals surface area (Å²) in [6.45, 7) is 2.52. The van der Waals surface area contributed by atoms with Crippen LogP contribution in [0.1, 0.15) is 28.8 Å². The van der Waals surface area contributed by atoms with Crippen LogP contribution in [0.5, 0.6) is 0 Å². The van der Waals surface area contributed by atoms with E-state index in [1.54, 1.807) is 12.1 Å². The van der Waals surface area contributed by atoms with E-state index >= 15 is 0 Å². The Morgan fingerprint density at radius 1 is 1.15 bits per heavy atom. The molecule has 1 aromatic carbocycles. The quantitative estimate of drug-likeness (QED) is 0.730. The Morgan fingerprint density at radius 3 is 2.62 bits per heavy atom. The topological polar surface area (TPSA) is 88.3 Å². The van der Waals surface area contributed by atoms with Gasteiger partial charge in [0.15, 0.2) is 0 Å². The Labute approximate surface area is 157 Å². The van der Waals surface area contributed by atoms with Crippen molar-refractivity contribution in [3.05, 3.63) is 53.7 Å². The molecule has 1 aliphatic heterocycles. The first-order valence-corrected chi connectivity index (χ1v) is 9.60. The lowest BCUT2D eigenvalue weighted by Crippen LogP contribution is -2.24. The highest BCUT2D eigenvalue weighted by Crippen LogP contribution is 2.22. The molecule has 6 nitrogen and oxygen atoms in total. The number of carbonyl (C=O) groups excluding carboxylic acids is 2. The number of aromatic nitrogens is 1. The molecule has 2 heterocycles. The molecule has 1 aliphatic rings. The molecule has 0 unspecified atom stereocenters. The lowest BCUT2D eigenvalue weighted by molar-refractivity contribution is -0.115. The smallest absolute Gasteiger partial charge is 0.252 e. The molecule has 1 fully saturated rings. The van der Waals surface area contributed by atoms with Crippen molar-refractivity contribution < 1.29 is 9.59 Å². The number of hydrogen-bond donors (Lipinski definition) is 2. The monoisotopic (exact) mass is 370 g/mol. The van der Waals surface area contributed by atoms with Gasteiger partial charge >= 0.3 is 0 Å². The summed E-state index contributed by atoms with van der Waals surface area (Å²) in [6.07, 6.45) is 4.24. The number of carbonyl (C=O) groups is 2. The lowest BCUT2D eigenvalue weighted by atomic mass is 10.2. The molecule has 2 amide bonds. The maximum absolute atomic E-state index is 12.5. The van der Waals surface area contributed by atoms with Crippen molar-refractivity contribution in [2.24, 2.45) is 5.73 Å². The number of thioether (sulfide) groups is 1. The predicted octanol–water partition coefficient (Wildman–Crippen LogP) is 2.19. The van der Waals surface area contributed by atoms with Gasteiger partial charge in [0.2, 0.25) is 5.91 Å². The third-order valence-electron chi connectivity index (χ3n) is 4.19. The molecule has 0 aliphatic carbocycles. The van der Waals surface area contributed by atoms with Gasteiger partial charge in [0.05, 0.1) is 11.3 Å². The first-order valence-electron chi connectivity index (χ1n) is 8.61. The molecular formula is C19H22N4O2S. The minimum atomic E-state index is -0.408. The number of primary amides is 1. The number of anilines is 1. The van der Waals surface area contributed by atoms with Crippen LogP contribution in [0.25, 0.3) is 0 Å². The number of nitrogens with one attached hydrogen (secondary N) is 1. The van der Waals surface area contributed by atoms with E-state index in [1.165, 1.54) is 24.6 Å². The van der Waals surface area contributed by atoms with E-state index in [2.05, 4.69) is 15.2 Å². The second-order valence-corrected chi connectivity index (χ2v) is 7.17. The second-order valence-electron chi connectivity index (χ2n) is 6.15. The summed E-state index contributed by atoms with van der Waals surface area (Å²) in [7, 11) is 0. The first kappa shape index (κ1) is 18.3. The van der Waals surface area contributed by atoms with E-state index in [0.29, 0.717) is 12.1 Å². The van der Waals surface area contributed by atoms with E-state index in [0.717, 1.165) is 29.4 Å². The molecule has 26 heavy (non-hydrogen) atoms. The van der Waals surface area contributed by atoms with Crippen molar-refractivity contribution in [1.82, 2.24) is 10.3 Å². The summed E-state index contributed by atoms with van der Waals surface area (Å²) >= 11 is 1.27. The van der Waals surface area contributed by atoms with Gasteiger partial charge in [-0.05, 0) is 36.6 Å². The normalized spacial score (nSPS) is 13.6. The minimum Gasteiger partial charge on any atom is -0.369 e. The SMILES string of the molecule is NC(=O)CSc1ccccc1C(=O)NCc1ccc(N2CCCC2)nc1. The number of hydrogen-bond acceptors (Lipinski definition) is 5. The molecule has 2 aromatic rings. The van der Waals surface area contributed by atoms with Crippen LogP contribution in [0, 0.1) is 0 Å². The van der Waals surface area contributed by atoms with Crippen LogP contribution in [0.3, 0.4) is 0 Å². The number of nitrogens with two attached hydrogens (primary N) is 1. The Kier molecular flexibility index (Phi) is 6.12. The van der Waals surface area contributed by atoms with Gasteiger partial charge in [-0.25, -0.2) is 4.98 Å². The summed E-state index contributed by atoms with van der Waals surface area (Å²) in [5.74, 6) is 0.549. The Bertz CT molecular complexity index is 773. The standard InChI is InChI=1S/C19H22N4O2S/c20-17(24)13-26-16-6-2-1-5-15(16)19(25)22-12-14-7-8-18(21-11-14)23-9-3-4-10-23/h1-2,5-8,11H,3-4,9-10,12-13H2,(H2,20,24)(H,22,25). The van der Waals surface area contributed by atoms with Crippen molar-refractivity contribution in [1.29, 1.82) is 0 Å². The third-order valence-corrected chi connectivity index (χ3v) is 5.29. The van der Waals surface area contributed by atoms with Crippen LogP contribution in [0.15, 0.2) is 47.5 Å². The van der Waals surface area contributed by atoms with Crippen LogP contribution in [-0.4, -0.2) is 35.6 Å². The van der Waals surface area contributed by atoms with Gasteiger partial charge in [-0.3, -0.25) is 9.59 Å². The van der Waals surface area contributed by atoms with E-state index in [9.17, 15) is 9.59 Å². The molecule has 0 spiro atoms. The van der Waals surface area contributed by atoms with Crippen LogP contribution < -0.4 is 16.0 Å². The summed E-state index contributed by atoms with van der Waals surface area (Å²) in [4.78, 5) is 31.0. The summed E-state index contributed by atoms with van der Waals surface area (Å²) in [5.41, 5.74) is 6.68. The molecule has 1 aromatic heterocycles. The molecule has 0 radical (unpaired) electrons. The van der Waals surface area contributed by atoms with Gasteiger partial charge in [0.25, 0.3) is 5.91 Å². The summed E-state index contributed by atoms with van der Waals surface area (Å²) in [5, 5.41) is 2.91. The van der Waals surface area contributed by atoms with Crippen LogP contribution in [-0.2, 0) is 11.3 Å². The Morgan fingerprint density at radius 2 is 1.92 bits per heavy atom. The van der Waals surface area contributed by atoms with Gasteiger partial charge in [0, 0.05) is 30.7 Å². The average molecular weight is 370 g/mol. The van der Waals surface area contributed by atoms with Gasteiger partial charge < -0.3 is 16.0 Å². The number of pyridine rings is 1.